The van der Waals surface area contributed by atoms with Gasteiger partial charge in [0.25, 0.3) is 9.04 Å². The SMILES string of the molecule is C/C(=C/C(C)C)O[Si](C(C)C)C(C)C. The van der Waals surface area contributed by atoms with Gasteiger partial charge in [-0.2, -0.15) is 0 Å². The van der Waals surface area contributed by atoms with Crippen molar-refractivity contribution in [3.8, 4) is 0 Å². The zero-order valence-electron chi connectivity index (χ0n) is 10.7. The first-order valence-electron chi connectivity index (χ1n) is 5.57. The van der Waals surface area contributed by atoms with Gasteiger partial charge >= 0.3 is 0 Å². The summed E-state index contributed by atoms with van der Waals surface area (Å²) in [6.07, 6.45) is 2.20. The van der Waals surface area contributed by atoms with Crippen LogP contribution < -0.4 is 0 Å². The predicted octanol–water partition coefficient (Wildman–Crippen LogP) is 4.37. The molecule has 0 amide bonds. The minimum atomic E-state index is -0.691. The monoisotopic (exact) mass is 213 g/mol. The molecule has 83 valence electrons. The van der Waals surface area contributed by atoms with Crippen LogP contribution in [0, 0.1) is 5.92 Å². The Hall–Kier alpha value is -0.243. The van der Waals surface area contributed by atoms with Gasteiger partial charge in [-0.1, -0.05) is 41.5 Å². The molecule has 0 saturated heterocycles. The maximum Gasteiger partial charge on any atom is 0.285 e. The second-order valence-electron chi connectivity index (χ2n) is 4.84. The third-order valence-electron chi connectivity index (χ3n) is 1.98. The second-order valence-corrected chi connectivity index (χ2v) is 8.15. The Balaban J connectivity index is 4.30. The third kappa shape index (κ3) is 5.48. The Morgan fingerprint density at radius 2 is 1.43 bits per heavy atom. The van der Waals surface area contributed by atoms with E-state index in [1.54, 1.807) is 0 Å². The van der Waals surface area contributed by atoms with Gasteiger partial charge in [0, 0.05) is 0 Å². The molecule has 0 aliphatic carbocycles. The fraction of sp³-hybridized carbons (Fsp3) is 0.833. The molecule has 1 nitrogen and oxygen atoms in total. The Kier molecular flexibility index (Phi) is 6.17. The largest absolute Gasteiger partial charge is 0.545 e. The van der Waals surface area contributed by atoms with Crippen LogP contribution in [0.1, 0.15) is 48.5 Å². The molecule has 0 N–H and O–H groups in total. The van der Waals surface area contributed by atoms with Crippen LogP contribution in [0.4, 0.5) is 0 Å². The second kappa shape index (κ2) is 6.28. The number of allylic oxidation sites excluding steroid dienone is 2. The highest BCUT2D eigenvalue weighted by Gasteiger charge is 2.23. The molecule has 0 unspecified atom stereocenters. The molecule has 0 fully saturated rings. The Morgan fingerprint density at radius 1 is 1.00 bits per heavy atom. The molecular weight excluding hydrogens is 188 g/mol. The van der Waals surface area contributed by atoms with E-state index >= 15 is 0 Å². The summed E-state index contributed by atoms with van der Waals surface area (Å²) in [6, 6.07) is 0. The van der Waals surface area contributed by atoms with E-state index in [9.17, 15) is 0 Å². The lowest BCUT2D eigenvalue weighted by molar-refractivity contribution is 0.408. The maximum atomic E-state index is 6.05. The molecular formula is C12H25OSi. The molecule has 0 aromatic carbocycles. The molecule has 0 saturated carbocycles. The van der Waals surface area contributed by atoms with Crippen molar-refractivity contribution in [3.63, 3.8) is 0 Å². The summed E-state index contributed by atoms with van der Waals surface area (Å²) in [5.74, 6) is 1.69. The number of hydrogen-bond acceptors (Lipinski definition) is 1. The van der Waals surface area contributed by atoms with Crippen LogP contribution >= 0.6 is 0 Å². The van der Waals surface area contributed by atoms with Crippen LogP contribution in [0.25, 0.3) is 0 Å². The first-order valence-corrected chi connectivity index (χ1v) is 7.13. The first kappa shape index (κ1) is 13.8. The fourth-order valence-electron chi connectivity index (χ4n) is 1.59. The van der Waals surface area contributed by atoms with Gasteiger partial charge in [0.15, 0.2) is 0 Å². The summed E-state index contributed by atoms with van der Waals surface area (Å²) in [5, 5.41) is 0. The standard InChI is InChI=1S/C12H25OSi/c1-9(2)8-12(7)13-14(10(3)4)11(5)6/h8-11H,1-7H3/b12-8-. The van der Waals surface area contributed by atoms with E-state index in [1.807, 2.05) is 0 Å². The van der Waals surface area contributed by atoms with Crippen LogP contribution in [0.5, 0.6) is 0 Å². The van der Waals surface area contributed by atoms with E-state index in [0.29, 0.717) is 17.0 Å². The Bertz CT molecular complexity index is 175. The highest BCUT2D eigenvalue weighted by Crippen LogP contribution is 2.23. The van der Waals surface area contributed by atoms with Gasteiger partial charge in [-0.15, -0.1) is 0 Å². The lowest BCUT2D eigenvalue weighted by Crippen LogP contribution is -2.24. The van der Waals surface area contributed by atoms with Crippen molar-refractivity contribution >= 4 is 9.04 Å². The van der Waals surface area contributed by atoms with Crippen molar-refractivity contribution in [2.24, 2.45) is 5.92 Å². The average molecular weight is 213 g/mol. The molecule has 0 atom stereocenters. The van der Waals surface area contributed by atoms with Gasteiger partial charge in [-0.05, 0) is 30.0 Å². The minimum absolute atomic E-state index is 0.581. The highest BCUT2D eigenvalue weighted by molar-refractivity contribution is 6.55. The van der Waals surface area contributed by atoms with E-state index in [2.05, 4.69) is 54.5 Å². The number of hydrogen-bond donors (Lipinski definition) is 0. The van der Waals surface area contributed by atoms with Crippen molar-refractivity contribution in [1.29, 1.82) is 0 Å². The van der Waals surface area contributed by atoms with Crippen LogP contribution in [0.15, 0.2) is 11.8 Å². The van der Waals surface area contributed by atoms with Crippen LogP contribution in [0.3, 0.4) is 0 Å². The summed E-state index contributed by atoms with van der Waals surface area (Å²) in [5.41, 5.74) is 1.35. The van der Waals surface area contributed by atoms with Crippen molar-refractivity contribution < 1.29 is 4.43 Å². The molecule has 14 heavy (non-hydrogen) atoms. The summed E-state index contributed by atoms with van der Waals surface area (Å²) in [4.78, 5) is 0. The normalized spacial score (nSPS) is 13.5. The smallest absolute Gasteiger partial charge is 0.285 e. The first-order chi connectivity index (χ1) is 6.34. The Labute approximate surface area is 91.3 Å². The molecule has 1 radical (unpaired) electrons. The van der Waals surface area contributed by atoms with Gasteiger partial charge < -0.3 is 4.43 Å². The van der Waals surface area contributed by atoms with E-state index in [-0.39, 0.29) is 0 Å². The average Bonchev–Trinajstić information content (AvgIpc) is 1.97. The van der Waals surface area contributed by atoms with Gasteiger partial charge in [-0.3, -0.25) is 0 Å². The molecule has 0 aliphatic heterocycles. The lowest BCUT2D eigenvalue weighted by Gasteiger charge is -2.23. The molecule has 0 aromatic heterocycles. The Morgan fingerprint density at radius 3 is 1.71 bits per heavy atom. The van der Waals surface area contributed by atoms with E-state index in [4.69, 9.17) is 4.43 Å². The maximum absolute atomic E-state index is 6.05. The van der Waals surface area contributed by atoms with Crippen molar-refractivity contribution in [3.05, 3.63) is 11.8 Å². The fourth-order valence-corrected chi connectivity index (χ4v) is 3.84. The number of rotatable bonds is 5. The molecule has 0 rings (SSSR count). The van der Waals surface area contributed by atoms with E-state index in [0.717, 1.165) is 5.76 Å². The zero-order valence-corrected chi connectivity index (χ0v) is 11.7. The van der Waals surface area contributed by atoms with E-state index in [1.165, 1.54) is 0 Å². The van der Waals surface area contributed by atoms with Crippen LogP contribution in [-0.2, 0) is 4.43 Å². The van der Waals surface area contributed by atoms with Crippen molar-refractivity contribution in [2.45, 2.75) is 59.5 Å². The van der Waals surface area contributed by atoms with Gasteiger partial charge in [-0.25, -0.2) is 0 Å². The van der Waals surface area contributed by atoms with Gasteiger partial charge in [0.2, 0.25) is 0 Å². The molecule has 2 heteroatoms. The van der Waals surface area contributed by atoms with Crippen molar-refractivity contribution in [2.75, 3.05) is 0 Å². The van der Waals surface area contributed by atoms with Gasteiger partial charge in [0.05, 0.1) is 5.76 Å². The topological polar surface area (TPSA) is 9.23 Å². The molecule has 0 heterocycles. The molecule has 0 spiro atoms. The predicted molar refractivity (Wildman–Crippen MR) is 65.6 cm³/mol. The van der Waals surface area contributed by atoms with Gasteiger partial charge in [0.1, 0.15) is 0 Å². The summed E-state index contributed by atoms with van der Waals surface area (Å²) < 4.78 is 6.05. The lowest BCUT2D eigenvalue weighted by atomic mass is 10.2. The van der Waals surface area contributed by atoms with Crippen molar-refractivity contribution in [1.82, 2.24) is 0 Å². The quantitative estimate of drug-likeness (QED) is 0.486. The summed E-state index contributed by atoms with van der Waals surface area (Å²) in [6.45, 7) is 15.5. The minimum Gasteiger partial charge on any atom is -0.545 e. The van der Waals surface area contributed by atoms with E-state index < -0.39 is 9.04 Å². The third-order valence-corrected chi connectivity index (χ3v) is 4.82. The molecule has 0 bridgehead atoms. The van der Waals surface area contributed by atoms with Crippen LogP contribution in [-0.4, -0.2) is 9.04 Å². The van der Waals surface area contributed by atoms with Crippen LogP contribution in [0.2, 0.25) is 11.1 Å². The molecule has 0 aromatic rings. The summed E-state index contributed by atoms with van der Waals surface area (Å²) in [7, 11) is -0.691. The molecule has 0 aliphatic rings. The highest BCUT2D eigenvalue weighted by atomic mass is 28.3. The summed E-state index contributed by atoms with van der Waals surface area (Å²) >= 11 is 0. The zero-order chi connectivity index (χ0) is 11.3.